The predicted molar refractivity (Wildman–Crippen MR) is 49.9 cm³/mol. The molecule has 0 aliphatic carbocycles. The van der Waals surface area contributed by atoms with Gasteiger partial charge in [-0.3, -0.25) is 4.79 Å². The summed E-state index contributed by atoms with van der Waals surface area (Å²) in [6.07, 6.45) is 1.59. The van der Waals surface area contributed by atoms with Crippen molar-refractivity contribution >= 4 is 11.9 Å². The molecule has 0 rings (SSSR count). The minimum absolute atomic E-state index is 0.188. The Balaban J connectivity index is 3.48. The summed E-state index contributed by atoms with van der Waals surface area (Å²) >= 11 is 0. The molecule has 0 amide bonds. The lowest BCUT2D eigenvalue weighted by Crippen LogP contribution is -2.35. The van der Waals surface area contributed by atoms with Gasteiger partial charge in [-0.1, -0.05) is 0 Å². The smallest absolute Gasteiger partial charge is 0.303 e. The second-order valence-electron chi connectivity index (χ2n) is 2.76. The largest absolute Gasteiger partial charge is 0.481 e. The van der Waals surface area contributed by atoms with Gasteiger partial charge in [0.15, 0.2) is 0 Å². The molecule has 0 fully saturated rings. The van der Waals surface area contributed by atoms with Crippen LogP contribution in [0, 0.1) is 0 Å². The van der Waals surface area contributed by atoms with E-state index in [0.29, 0.717) is 13.0 Å². The fraction of sp³-hybridized carbons (Fsp3) is 0.714. The van der Waals surface area contributed by atoms with Crippen molar-refractivity contribution in [3.63, 3.8) is 0 Å². The highest BCUT2D eigenvalue weighted by Crippen LogP contribution is 1.96. The van der Waals surface area contributed by atoms with Crippen LogP contribution in [0.2, 0.25) is 0 Å². The Morgan fingerprint density at radius 1 is 1.54 bits per heavy atom. The Morgan fingerprint density at radius 2 is 2.15 bits per heavy atom. The number of hydrogen-bond acceptors (Lipinski definition) is 3. The molecule has 0 bridgehead atoms. The van der Waals surface area contributed by atoms with Gasteiger partial charge < -0.3 is 21.6 Å². The average Bonchev–Trinajstić information content (AvgIpc) is 2.10. The zero-order valence-electron chi connectivity index (χ0n) is 7.73. The summed E-state index contributed by atoms with van der Waals surface area (Å²) in [6.45, 7) is 0.666. The maximum atomic E-state index is 10.2. The van der Waals surface area contributed by atoms with Crippen LogP contribution in [0.3, 0.4) is 0 Å². The minimum atomic E-state index is -0.775. The predicted octanol–water partition coefficient (Wildman–Crippen LogP) is -0.638. The number of hydrazone groups is 1. The maximum Gasteiger partial charge on any atom is 0.303 e. The molecule has 0 saturated heterocycles. The summed E-state index contributed by atoms with van der Waals surface area (Å²) < 4.78 is 0. The first-order valence-electron chi connectivity index (χ1n) is 4.04. The van der Waals surface area contributed by atoms with Gasteiger partial charge in [0.25, 0.3) is 0 Å². The van der Waals surface area contributed by atoms with E-state index in [4.69, 9.17) is 16.7 Å². The summed E-state index contributed by atoms with van der Waals surface area (Å²) in [5.41, 5.74) is 5.39. The molecule has 13 heavy (non-hydrogen) atoms. The van der Waals surface area contributed by atoms with E-state index < -0.39 is 5.97 Å². The fourth-order valence-electron chi connectivity index (χ4n) is 0.838. The number of aliphatic carboxylic acids is 1. The van der Waals surface area contributed by atoms with E-state index in [1.54, 1.807) is 11.9 Å². The van der Waals surface area contributed by atoms with Crippen molar-refractivity contribution < 1.29 is 9.90 Å². The molecular formula is C7H16N4O2. The summed E-state index contributed by atoms with van der Waals surface area (Å²) in [7, 11) is 1.76. The van der Waals surface area contributed by atoms with Gasteiger partial charge in [-0.25, -0.2) is 0 Å². The number of nitrogens with zero attached hydrogens (tertiary/aromatic N) is 2. The number of carboxylic acids is 1. The molecule has 0 aliphatic rings. The fourth-order valence-corrected chi connectivity index (χ4v) is 0.838. The molecule has 0 spiro atoms. The molecule has 0 aliphatic heterocycles. The molecule has 0 aromatic rings. The van der Waals surface area contributed by atoms with Crippen LogP contribution in [0.25, 0.3) is 0 Å². The van der Waals surface area contributed by atoms with Gasteiger partial charge in [-0.05, 0) is 12.8 Å². The van der Waals surface area contributed by atoms with E-state index in [1.807, 2.05) is 0 Å². The zero-order chi connectivity index (χ0) is 10.3. The number of unbranched alkanes of at least 4 members (excludes halogenated alkanes) is 1. The van der Waals surface area contributed by atoms with E-state index in [9.17, 15) is 4.79 Å². The van der Waals surface area contributed by atoms with Crippen molar-refractivity contribution in [1.29, 1.82) is 0 Å². The average molecular weight is 188 g/mol. The van der Waals surface area contributed by atoms with Gasteiger partial charge in [-0.2, -0.15) is 0 Å². The maximum absolute atomic E-state index is 10.2. The van der Waals surface area contributed by atoms with E-state index in [1.165, 1.54) is 0 Å². The SMILES string of the molecule is CN(CCCCC(=O)O)C(N)=NN. The highest BCUT2D eigenvalue weighted by Gasteiger charge is 2.01. The van der Waals surface area contributed by atoms with Gasteiger partial charge in [0, 0.05) is 20.0 Å². The third-order valence-corrected chi connectivity index (χ3v) is 1.66. The van der Waals surface area contributed by atoms with Gasteiger partial charge in [0.05, 0.1) is 0 Å². The molecule has 0 saturated carbocycles. The first-order valence-corrected chi connectivity index (χ1v) is 4.04. The Labute approximate surface area is 77.2 Å². The van der Waals surface area contributed by atoms with E-state index in [-0.39, 0.29) is 12.4 Å². The molecule has 6 nitrogen and oxygen atoms in total. The lowest BCUT2D eigenvalue weighted by Gasteiger charge is -2.16. The second-order valence-corrected chi connectivity index (χ2v) is 2.76. The van der Waals surface area contributed by atoms with Crippen molar-refractivity contribution in [3.05, 3.63) is 0 Å². The van der Waals surface area contributed by atoms with Crippen LogP contribution in [0.1, 0.15) is 19.3 Å². The highest BCUT2D eigenvalue weighted by atomic mass is 16.4. The number of rotatable bonds is 5. The van der Waals surface area contributed by atoms with Crippen LogP contribution in [-0.4, -0.2) is 35.5 Å². The summed E-state index contributed by atoms with van der Waals surface area (Å²) in [5.74, 6) is 4.44. The van der Waals surface area contributed by atoms with Gasteiger partial charge in [0.1, 0.15) is 0 Å². The van der Waals surface area contributed by atoms with Gasteiger partial charge >= 0.3 is 5.97 Å². The summed E-state index contributed by atoms with van der Waals surface area (Å²) in [6, 6.07) is 0. The van der Waals surface area contributed by atoms with Crippen LogP contribution in [0.5, 0.6) is 0 Å². The van der Waals surface area contributed by atoms with Crippen molar-refractivity contribution in [2.24, 2.45) is 16.7 Å². The molecular weight excluding hydrogens is 172 g/mol. The van der Waals surface area contributed by atoms with E-state index >= 15 is 0 Å². The topological polar surface area (TPSA) is 105 Å². The monoisotopic (exact) mass is 188 g/mol. The molecule has 6 heteroatoms. The Morgan fingerprint density at radius 3 is 2.62 bits per heavy atom. The minimum Gasteiger partial charge on any atom is -0.481 e. The first-order chi connectivity index (χ1) is 6.07. The summed E-state index contributed by atoms with van der Waals surface area (Å²) in [5, 5.41) is 11.7. The molecule has 5 N–H and O–H groups in total. The highest BCUT2D eigenvalue weighted by molar-refractivity contribution is 5.77. The van der Waals surface area contributed by atoms with Crippen LogP contribution in [0.4, 0.5) is 0 Å². The van der Waals surface area contributed by atoms with Gasteiger partial charge in [-0.15, -0.1) is 5.10 Å². The molecule has 0 radical (unpaired) electrons. The van der Waals surface area contributed by atoms with E-state index in [2.05, 4.69) is 5.10 Å². The van der Waals surface area contributed by atoms with Crippen LogP contribution in [0.15, 0.2) is 5.10 Å². The number of guanidine groups is 1. The third kappa shape index (κ3) is 5.77. The normalized spacial score (nSPS) is 11.3. The second kappa shape index (κ2) is 6.10. The lowest BCUT2D eigenvalue weighted by molar-refractivity contribution is -0.137. The van der Waals surface area contributed by atoms with Crippen molar-refractivity contribution in [1.82, 2.24) is 4.90 Å². The number of nitrogens with two attached hydrogens (primary N) is 2. The molecule has 0 unspecified atom stereocenters. The van der Waals surface area contributed by atoms with Crippen molar-refractivity contribution in [2.75, 3.05) is 13.6 Å². The van der Waals surface area contributed by atoms with Crippen LogP contribution < -0.4 is 11.6 Å². The standard InChI is InChI=1S/C7H16N4O2/c1-11(7(8)10-9)5-3-2-4-6(12)13/h2-5,9H2,1H3,(H2,8,10)(H,12,13). The Bertz CT molecular complexity index is 193. The molecule has 76 valence electrons. The molecule has 0 heterocycles. The Kier molecular flexibility index (Phi) is 5.42. The molecule has 0 atom stereocenters. The quantitative estimate of drug-likeness (QED) is 0.175. The molecule has 0 aromatic heterocycles. The number of carbonyl (C=O) groups is 1. The third-order valence-electron chi connectivity index (χ3n) is 1.66. The van der Waals surface area contributed by atoms with Crippen LogP contribution in [-0.2, 0) is 4.79 Å². The van der Waals surface area contributed by atoms with Gasteiger partial charge in [0.2, 0.25) is 5.96 Å². The van der Waals surface area contributed by atoms with Crippen LogP contribution >= 0.6 is 0 Å². The first kappa shape index (κ1) is 11.5. The van der Waals surface area contributed by atoms with Crippen molar-refractivity contribution in [3.8, 4) is 0 Å². The number of hydrogen-bond donors (Lipinski definition) is 3. The van der Waals surface area contributed by atoms with Crippen molar-refractivity contribution in [2.45, 2.75) is 19.3 Å². The summed E-state index contributed by atoms with van der Waals surface area (Å²) in [4.78, 5) is 11.8. The number of carboxylic acid groups (broad SMARTS) is 1. The van der Waals surface area contributed by atoms with E-state index in [0.717, 1.165) is 6.42 Å². The lowest BCUT2D eigenvalue weighted by atomic mass is 10.2. The zero-order valence-corrected chi connectivity index (χ0v) is 7.73. The molecule has 0 aromatic carbocycles. The Hall–Kier alpha value is -1.46.